The molecule has 0 amide bonds. The molecule has 0 aliphatic carbocycles. The Balaban J connectivity index is 2.53. The molecule has 2 aromatic carbocycles. The minimum atomic E-state index is -4.83. The van der Waals surface area contributed by atoms with E-state index in [-0.39, 0.29) is 24.0 Å². The summed E-state index contributed by atoms with van der Waals surface area (Å²) in [6.07, 6.45) is 1.50. The highest BCUT2D eigenvalue weighted by molar-refractivity contribution is 7.86. The zero-order valence-electron chi connectivity index (χ0n) is 16.9. The molecule has 0 bridgehead atoms. The number of hydrogen-bond donors (Lipinski definition) is 2. The summed E-state index contributed by atoms with van der Waals surface area (Å²) in [5.74, 6) is -2.78. The molecule has 11 heteroatoms. The van der Waals surface area contributed by atoms with Crippen molar-refractivity contribution in [3.63, 3.8) is 0 Å². The molecule has 2 aromatic rings. The first-order chi connectivity index (χ1) is 14.4. The second-order valence-electron chi connectivity index (χ2n) is 6.71. The Labute approximate surface area is 180 Å². The molecule has 0 unspecified atom stereocenters. The molecule has 2 N–H and O–H groups in total. The number of esters is 2. The quantitative estimate of drug-likeness (QED) is 0.337. The van der Waals surface area contributed by atoms with E-state index >= 15 is 0 Å². The van der Waals surface area contributed by atoms with Gasteiger partial charge in [0, 0.05) is 0 Å². The maximum atomic E-state index is 12.6. The Morgan fingerprint density at radius 1 is 0.742 bits per heavy atom. The van der Waals surface area contributed by atoms with E-state index in [0.717, 1.165) is 12.1 Å². The highest BCUT2D eigenvalue weighted by Crippen LogP contribution is 2.26. The first-order valence-corrected chi connectivity index (χ1v) is 12.2. The minimum absolute atomic E-state index is 0.162. The van der Waals surface area contributed by atoms with Gasteiger partial charge in [-0.2, -0.15) is 16.8 Å². The van der Waals surface area contributed by atoms with Gasteiger partial charge in [0.15, 0.2) is 0 Å². The van der Waals surface area contributed by atoms with Gasteiger partial charge in [-0.15, -0.1) is 0 Å². The van der Waals surface area contributed by atoms with Crippen molar-refractivity contribution >= 4 is 32.2 Å². The molecular formula is C20H22O9S2. The predicted octanol–water partition coefficient (Wildman–Crippen LogP) is 3.08. The third-order valence-electron chi connectivity index (χ3n) is 4.37. The molecule has 0 aliphatic heterocycles. The number of aryl methyl sites for hydroxylation is 2. The molecule has 0 saturated heterocycles. The molecule has 0 aromatic heterocycles. The topological polar surface area (TPSA) is 152 Å². The lowest BCUT2D eigenvalue weighted by molar-refractivity contribution is 0.0391. The summed E-state index contributed by atoms with van der Waals surface area (Å²) in [6, 6.07) is 7.69. The number of benzene rings is 2. The van der Waals surface area contributed by atoms with E-state index in [0.29, 0.717) is 12.8 Å². The Hall–Kier alpha value is -2.60. The highest BCUT2D eigenvalue weighted by atomic mass is 32.2. The Bertz CT molecular complexity index is 1120. The van der Waals surface area contributed by atoms with Crippen LogP contribution in [0.5, 0.6) is 0 Å². The van der Waals surface area contributed by atoms with Gasteiger partial charge in [0.05, 0.1) is 11.1 Å². The van der Waals surface area contributed by atoms with Crippen LogP contribution in [0.1, 0.15) is 58.5 Å². The summed E-state index contributed by atoms with van der Waals surface area (Å²) in [6.45, 7) is 3.53. The SMILES string of the molecule is CCCc1cccc(C(=O)OC(=O)c2cccc(CCC)c2S(=O)(=O)O)c1S(=O)(=O)O. The van der Waals surface area contributed by atoms with E-state index in [4.69, 9.17) is 4.74 Å². The van der Waals surface area contributed by atoms with E-state index in [1.54, 1.807) is 13.8 Å². The average molecular weight is 471 g/mol. The summed E-state index contributed by atoms with van der Waals surface area (Å²) in [7, 11) is -9.65. The lowest BCUT2D eigenvalue weighted by atomic mass is 10.1. The summed E-state index contributed by atoms with van der Waals surface area (Å²) >= 11 is 0. The van der Waals surface area contributed by atoms with Crippen LogP contribution in [0.15, 0.2) is 46.2 Å². The fourth-order valence-corrected chi connectivity index (χ4v) is 5.09. The summed E-state index contributed by atoms with van der Waals surface area (Å²) in [5, 5.41) is 0. The van der Waals surface area contributed by atoms with Crippen LogP contribution in [0.2, 0.25) is 0 Å². The molecule has 0 atom stereocenters. The Morgan fingerprint density at radius 2 is 1.10 bits per heavy atom. The second kappa shape index (κ2) is 9.69. The lowest BCUT2D eigenvalue weighted by Crippen LogP contribution is -2.20. The Morgan fingerprint density at radius 3 is 1.39 bits per heavy atom. The zero-order chi connectivity index (χ0) is 23.4. The van der Waals surface area contributed by atoms with Gasteiger partial charge in [-0.05, 0) is 36.1 Å². The van der Waals surface area contributed by atoms with Crippen LogP contribution in [-0.2, 0) is 37.8 Å². The molecule has 0 aliphatic rings. The van der Waals surface area contributed by atoms with Crippen LogP contribution in [0, 0.1) is 0 Å². The molecule has 0 radical (unpaired) electrons. The van der Waals surface area contributed by atoms with E-state index in [1.807, 2.05) is 0 Å². The highest BCUT2D eigenvalue weighted by Gasteiger charge is 2.30. The number of carbonyl (C=O) groups is 2. The number of carbonyl (C=O) groups excluding carboxylic acids is 2. The van der Waals surface area contributed by atoms with Crippen LogP contribution in [0.25, 0.3) is 0 Å². The second-order valence-corrected chi connectivity index (χ2v) is 9.43. The van der Waals surface area contributed by atoms with Crippen LogP contribution in [0.3, 0.4) is 0 Å². The molecule has 31 heavy (non-hydrogen) atoms. The predicted molar refractivity (Wildman–Crippen MR) is 110 cm³/mol. The molecule has 0 spiro atoms. The van der Waals surface area contributed by atoms with Crippen LogP contribution >= 0.6 is 0 Å². The first-order valence-electron chi connectivity index (χ1n) is 9.37. The van der Waals surface area contributed by atoms with Crippen molar-refractivity contribution in [2.75, 3.05) is 0 Å². The van der Waals surface area contributed by atoms with Crippen molar-refractivity contribution in [2.24, 2.45) is 0 Å². The minimum Gasteiger partial charge on any atom is -0.386 e. The molecule has 0 saturated carbocycles. The molecule has 2 rings (SSSR count). The maximum absolute atomic E-state index is 12.6. The fraction of sp³-hybridized carbons (Fsp3) is 0.300. The van der Waals surface area contributed by atoms with Crippen LogP contribution in [-0.4, -0.2) is 37.9 Å². The van der Waals surface area contributed by atoms with Gasteiger partial charge in [0.1, 0.15) is 9.79 Å². The van der Waals surface area contributed by atoms with Crippen molar-refractivity contribution in [2.45, 2.75) is 49.3 Å². The van der Waals surface area contributed by atoms with E-state index < -0.39 is 53.1 Å². The molecule has 9 nitrogen and oxygen atoms in total. The van der Waals surface area contributed by atoms with Crippen molar-refractivity contribution in [3.8, 4) is 0 Å². The summed E-state index contributed by atoms with van der Waals surface area (Å²) < 4.78 is 71.4. The summed E-state index contributed by atoms with van der Waals surface area (Å²) in [5.41, 5.74) is -0.814. The number of ether oxygens (including phenoxy) is 1. The van der Waals surface area contributed by atoms with Gasteiger partial charge < -0.3 is 4.74 Å². The average Bonchev–Trinajstić information content (AvgIpc) is 2.66. The van der Waals surface area contributed by atoms with Crippen LogP contribution < -0.4 is 0 Å². The molecule has 0 fully saturated rings. The van der Waals surface area contributed by atoms with E-state index in [2.05, 4.69) is 0 Å². The van der Waals surface area contributed by atoms with Crippen LogP contribution in [0.4, 0.5) is 0 Å². The number of rotatable bonds is 8. The third-order valence-corrected chi connectivity index (χ3v) is 6.37. The van der Waals surface area contributed by atoms with Crippen molar-refractivity contribution < 1.29 is 40.3 Å². The standard InChI is InChI=1S/C20H22O9S2/c1-3-7-13-9-5-11-15(17(13)30(23,24)25)19(21)29-20(22)16-12-6-10-14(8-4-2)18(16)31(26,27)28/h5-6,9-12H,3-4,7-8H2,1-2H3,(H,23,24,25)(H,26,27,28). The van der Waals surface area contributed by atoms with Gasteiger partial charge >= 0.3 is 11.9 Å². The fourth-order valence-electron chi connectivity index (χ4n) is 3.23. The van der Waals surface area contributed by atoms with Crippen molar-refractivity contribution in [3.05, 3.63) is 58.7 Å². The first kappa shape index (κ1) is 24.7. The van der Waals surface area contributed by atoms with Gasteiger partial charge in [0.2, 0.25) is 0 Å². The maximum Gasteiger partial charge on any atom is 0.347 e. The van der Waals surface area contributed by atoms with E-state index in [1.165, 1.54) is 24.3 Å². The van der Waals surface area contributed by atoms with Gasteiger partial charge in [0.25, 0.3) is 20.2 Å². The number of hydrogen-bond acceptors (Lipinski definition) is 7. The normalized spacial score (nSPS) is 11.9. The van der Waals surface area contributed by atoms with Gasteiger partial charge in [-0.3, -0.25) is 9.11 Å². The van der Waals surface area contributed by atoms with Gasteiger partial charge in [-0.1, -0.05) is 51.0 Å². The smallest absolute Gasteiger partial charge is 0.347 e. The van der Waals surface area contributed by atoms with E-state index in [9.17, 15) is 35.5 Å². The van der Waals surface area contributed by atoms with Crippen molar-refractivity contribution in [1.29, 1.82) is 0 Å². The molecular weight excluding hydrogens is 448 g/mol. The van der Waals surface area contributed by atoms with Gasteiger partial charge in [-0.25, -0.2) is 9.59 Å². The third kappa shape index (κ3) is 5.76. The molecule has 0 heterocycles. The zero-order valence-corrected chi connectivity index (χ0v) is 18.5. The summed E-state index contributed by atoms with van der Waals surface area (Å²) in [4.78, 5) is 23.8. The van der Waals surface area contributed by atoms with Crippen molar-refractivity contribution in [1.82, 2.24) is 0 Å². The lowest BCUT2D eigenvalue weighted by Gasteiger charge is -2.13. The Kier molecular flexibility index (Phi) is 7.71. The monoisotopic (exact) mass is 470 g/mol. The largest absolute Gasteiger partial charge is 0.386 e. The molecule has 168 valence electrons.